The lowest BCUT2D eigenvalue weighted by Gasteiger charge is -2.17. The van der Waals surface area contributed by atoms with Gasteiger partial charge in [-0.25, -0.2) is 19.3 Å². The summed E-state index contributed by atoms with van der Waals surface area (Å²) in [5.41, 5.74) is 2.13. The summed E-state index contributed by atoms with van der Waals surface area (Å²) in [6.07, 6.45) is 5.72. The Morgan fingerprint density at radius 1 is 1.12 bits per heavy atom. The summed E-state index contributed by atoms with van der Waals surface area (Å²) in [5, 5.41) is 10.6. The summed E-state index contributed by atoms with van der Waals surface area (Å²) in [5.74, 6) is 0.985. The molecule has 0 saturated carbocycles. The van der Waals surface area contributed by atoms with E-state index >= 15 is 0 Å². The normalized spacial score (nSPS) is 15.2. The second-order valence-electron chi connectivity index (χ2n) is 9.56. The number of likely N-dealkylation sites (N-methyl/N-ethyl adjacent to an activating group) is 1. The monoisotopic (exact) mass is 546 g/mol. The van der Waals surface area contributed by atoms with Gasteiger partial charge in [-0.05, 0) is 25.6 Å². The van der Waals surface area contributed by atoms with Crippen molar-refractivity contribution in [2.75, 3.05) is 37.9 Å². The molecule has 0 aliphatic carbocycles. The van der Waals surface area contributed by atoms with Crippen LogP contribution < -0.4 is 20.1 Å². The lowest BCUT2D eigenvalue weighted by atomic mass is 10.1. The lowest BCUT2D eigenvalue weighted by molar-refractivity contribution is 0.0988. The number of halogens is 1. The molecule has 1 atom stereocenters. The number of benzene rings is 1. The highest BCUT2D eigenvalue weighted by Gasteiger charge is 2.22. The number of pyridine rings is 2. The average molecular weight is 547 g/mol. The Morgan fingerprint density at radius 3 is 2.65 bits per heavy atom. The molecular weight excluding hydrogens is 515 g/mol. The molecule has 1 aromatic carbocycles. The quantitative estimate of drug-likeness (QED) is 0.274. The first-order chi connectivity index (χ1) is 19.3. The number of ether oxygens (including phenoxy) is 2. The number of ketones is 1. The molecule has 0 unspecified atom stereocenters. The largest absolute Gasteiger partial charge is 0.494 e. The molecule has 2 N–H and O–H groups in total. The molecule has 3 aromatic heterocycles. The van der Waals surface area contributed by atoms with E-state index in [-0.39, 0.29) is 24.1 Å². The van der Waals surface area contributed by atoms with Gasteiger partial charge >= 0.3 is 0 Å². The molecule has 1 aliphatic rings. The van der Waals surface area contributed by atoms with E-state index in [0.717, 1.165) is 19.5 Å². The average Bonchev–Trinajstić information content (AvgIpc) is 3.57. The van der Waals surface area contributed by atoms with Crippen molar-refractivity contribution < 1.29 is 18.7 Å². The first kappa shape index (κ1) is 27.0. The molecule has 0 spiro atoms. The summed E-state index contributed by atoms with van der Waals surface area (Å²) in [4.78, 5) is 27.8. The fourth-order valence-corrected chi connectivity index (χ4v) is 4.56. The number of anilines is 4. The summed E-state index contributed by atoms with van der Waals surface area (Å²) >= 11 is 0. The van der Waals surface area contributed by atoms with Crippen LogP contribution in [0.1, 0.15) is 30.1 Å². The number of methoxy groups -OCH3 is 1. The Morgan fingerprint density at radius 2 is 1.98 bits per heavy atom. The maximum absolute atomic E-state index is 15.0. The number of hydrogen-bond acceptors (Lipinski definition) is 10. The number of carbonyl (C=O) groups excluding carboxylic acids is 1. The van der Waals surface area contributed by atoms with Gasteiger partial charge in [-0.3, -0.25) is 9.48 Å². The zero-order valence-electron chi connectivity index (χ0n) is 22.8. The van der Waals surface area contributed by atoms with Crippen molar-refractivity contribution >= 4 is 28.8 Å². The minimum absolute atomic E-state index is 0.00732. The van der Waals surface area contributed by atoms with E-state index in [2.05, 4.69) is 35.6 Å². The maximum atomic E-state index is 15.0. The molecule has 40 heavy (non-hydrogen) atoms. The van der Waals surface area contributed by atoms with Gasteiger partial charge in [-0.2, -0.15) is 5.10 Å². The molecule has 0 amide bonds. The summed E-state index contributed by atoms with van der Waals surface area (Å²) in [6.45, 7) is 3.50. The van der Waals surface area contributed by atoms with E-state index in [9.17, 15) is 9.18 Å². The van der Waals surface area contributed by atoms with Crippen molar-refractivity contribution in [1.29, 1.82) is 0 Å². The van der Waals surface area contributed by atoms with Crippen molar-refractivity contribution in [3.63, 3.8) is 0 Å². The van der Waals surface area contributed by atoms with Crippen LogP contribution in [0.15, 0.2) is 49.1 Å². The predicted molar refractivity (Wildman–Crippen MR) is 149 cm³/mol. The van der Waals surface area contributed by atoms with E-state index in [0.29, 0.717) is 45.6 Å². The Kier molecular flexibility index (Phi) is 7.87. The van der Waals surface area contributed by atoms with Gasteiger partial charge in [-0.1, -0.05) is 13.0 Å². The Bertz CT molecular complexity index is 1530. The SMILES string of the molecule is CCC(=O)c1cnc(Nc2ncc(O[C@@H]3CCN(C)C3)cc2F)cc1Nc1cccc(-c2ncn(C)n2)c1OC. The van der Waals surface area contributed by atoms with Gasteiger partial charge in [0.25, 0.3) is 0 Å². The topological polar surface area (TPSA) is 119 Å². The van der Waals surface area contributed by atoms with Crippen LogP contribution in [-0.2, 0) is 7.05 Å². The number of rotatable bonds is 10. The number of hydrogen-bond donors (Lipinski definition) is 2. The zero-order valence-corrected chi connectivity index (χ0v) is 22.8. The van der Waals surface area contributed by atoms with Crippen molar-refractivity contribution in [2.45, 2.75) is 25.9 Å². The van der Waals surface area contributed by atoms with E-state index in [4.69, 9.17) is 9.47 Å². The third-order valence-electron chi connectivity index (χ3n) is 6.57. The van der Waals surface area contributed by atoms with Crippen molar-refractivity contribution in [1.82, 2.24) is 29.6 Å². The minimum atomic E-state index is -0.578. The van der Waals surface area contributed by atoms with Gasteiger partial charge in [0.1, 0.15) is 24.0 Å². The van der Waals surface area contributed by atoms with Gasteiger partial charge in [0.15, 0.2) is 29.0 Å². The van der Waals surface area contributed by atoms with Gasteiger partial charge < -0.3 is 25.0 Å². The van der Waals surface area contributed by atoms with Gasteiger partial charge in [-0.15, -0.1) is 0 Å². The molecule has 1 fully saturated rings. The molecule has 0 bridgehead atoms. The van der Waals surface area contributed by atoms with E-state index < -0.39 is 5.82 Å². The highest BCUT2D eigenvalue weighted by Crippen LogP contribution is 2.37. The van der Waals surface area contributed by atoms with Crippen LogP contribution in [-0.4, -0.2) is 68.8 Å². The summed E-state index contributed by atoms with van der Waals surface area (Å²) in [7, 11) is 5.36. The van der Waals surface area contributed by atoms with Crippen LogP contribution in [0.5, 0.6) is 11.5 Å². The molecule has 0 radical (unpaired) electrons. The van der Waals surface area contributed by atoms with Crippen LogP contribution in [0.3, 0.4) is 0 Å². The maximum Gasteiger partial charge on any atom is 0.184 e. The van der Waals surface area contributed by atoms with Gasteiger partial charge in [0, 0.05) is 44.9 Å². The number of carbonyl (C=O) groups is 1. The van der Waals surface area contributed by atoms with Crippen LogP contribution in [0, 0.1) is 5.82 Å². The number of nitrogens with one attached hydrogen (secondary N) is 2. The van der Waals surface area contributed by atoms with Crippen LogP contribution in [0.4, 0.5) is 27.4 Å². The fourth-order valence-electron chi connectivity index (χ4n) is 4.56. The number of aryl methyl sites for hydroxylation is 1. The summed E-state index contributed by atoms with van der Waals surface area (Å²) < 4.78 is 28.1. The first-order valence-corrected chi connectivity index (χ1v) is 13.0. The molecule has 1 saturated heterocycles. The molecule has 1 aliphatic heterocycles. The molecule has 4 aromatic rings. The molecule has 208 valence electrons. The van der Waals surface area contributed by atoms with Crippen LogP contribution >= 0.6 is 0 Å². The highest BCUT2D eigenvalue weighted by atomic mass is 19.1. The molecule has 4 heterocycles. The molecule has 11 nitrogen and oxygen atoms in total. The van der Waals surface area contributed by atoms with E-state index in [1.54, 1.807) is 38.2 Å². The molecule has 5 rings (SSSR count). The number of aromatic nitrogens is 5. The summed E-state index contributed by atoms with van der Waals surface area (Å²) in [6, 6.07) is 8.45. The standard InChI is InChI=1S/C28H31FN8O3/c1-5-24(38)20-14-30-25(34-28-21(29)11-18(13-31-28)40-17-9-10-36(2)15-17)12-23(20)33-22-8-6-7-19(26(22)39-4)27-32-16-37(3)35-27/h6-8,11-14,16-17H,5,9-10,15H2,1-4H3,(H2,30,31,33,34)/t17-/m1/s1. The zero-order chi connectivity index (χ0) is 28.2. The van der Waals surface area contributed by atoms with E-state index in [1.165, 1.54) is 18.5 Å². The highest BCUT2D eigenvalue weighted by molar-refractivity contribution is 6.02. The second-order valence-corrected chi connectivity index (χ2v) is 9.56. The Hall–Kier alpha value is -4.58. The predicted octanol–water partition coefficient (Wildman–Crippen LogP) is 4.58. The number of likely N-dealkylation sites (tertiary alicyclic amines) is 1. The number of para-hydroxylation sites is 1. The number of Topliss-reactive ketones (excluding diaryl/α,β-unsaturated/α-hetero) is 1. The lowest BCUT2D eigenvalue weighted by Crippen LogP contribution is -2.21. The van der Waals surface area contributed by atoms with Crippen molar-refractivity contribution in [3.8, 4) is 22.9 Å². The first-order valence-electron chi connectivity index (χ1n) is 13.0. The van der Waals surface area contributed by atoms with Crippen molar-refractivity contribution in [3.05, 3.63) is 60.4 Å². The number of nitrogens with zero attached hydrogens (tertiary/aromatic N) is 6. The minimum Gasteiger partial charge on any atom is -0.494 e. The smallest absolute Gasteiger partial charge is 0.184 e. The van der Waals surface area contributed by atoms with Crippen molar-refractivity contribution in [2.24, 2.45) is 7.05 Å². The third-order valence-corrected chi connectivity index (χ3v) is 6.57. The van der Waals surface area contributed by atoms with Gasteiger partial charge in [0.05, 0.1) is 35.8 Å². The van der Waals surface area contributed by atoms with Crippen LogP contribution in [0.25, 0.3) is 11.4 Å². The van der Waals surface area contributed by atoms with Gasteiger partial charge in [0.2, 0.25) is 0 Å². The fraction of sp³-hybridized carbons (Fsp3) is 0.321. The molecular formula is C28H31FN8O3. The second kappa shape index (κ2) is 11.7. The van der Waals surface area contributed by atoms with E-state index in [1.807, 2.05) is 25.2 Å². The third kappa shape index (κ3) is 5.86. The molecule has 12 heteroatoms. The Labute approximate surface area is 231 Å². The van der Waals surface area contributed by atoms with Crippen LogP contribution in [0.2, 0.25) is 0 Å². The Balaban J connectivity index is 1.42.